The van der Waals surface area contributed by atoms with E-state index >= 15 is 0 Å². The second-order valence-corrected chi connectivity index (χ2v) is 3.98. The number of nitrogens with two attached hydrogens (primary N) is 1. The first-order valence-corrected chi connectivity index (χ1v) is 5.33. The van der Waals surface area contributed by atoms with Crippen molar-refractivity contribution < 1.29 is 0 Å². The summed E-state index contributed by atoms with van der Waals surface area (Å²) in [4.78, 5) is 4.04. The van der Waals surface area contributed by atoms with Crippen LogP contribution in [0.1, 0.15) is 0 Å². The average Bonchev–Trinajstić information content (AvgIpc) is 2.76. The van der Waals surface area contributed by atoms with E-state index in [1.54, 1.807) is 35.1 Å². The van der Waals surface area contributed by atoms with Gasteiger partial charge in [0.25, 0.3) is 0 Å². The molecule has 0 saturated carbocycles. The van der Waals surface area contributed by atoms with Gasteiger partial charge in [-0.25, -0.2) is 4.98 Å². The lowest BCUT2D eigenvalue weighted by Gasteiger charge is -2.02. The first-order chi connectivity index (χ1) is 8.25. The van der Waals surface area contributed by atoms with Crippen molar-refractivity contribution in [3.05, 3.63) is 41.8 Å². The van der Waals surface area contributed by atoms with E-state index < -0.39 is 0 Å². The lowest BCUT2D eigenvalue weighted by Crippen LogP contribution is -1.92. The van der Waals surface area contributed by atoms with E-state index in [-0.39, 0.29) is 0 Å². The summed E-state index contributed by atoms with van der Waals surface area (Å²) >= 11 is 5.88. The summed E-state index contributed by atoms with van der Waals surface area (Å²) in [6, 6.07) is 7.15. The second kappa shape index (κ2) is 3.71. The van der Waals surface area contributed by atoms with Crippen molar-refractivity contribution in [2.24, 2.45) is 0 Å². The predicted octanol–water partition coefficient (Wildman–Crippen LogP) is 2.03. The van der Waals surface area contributed by atoms with E-state index in [9.17, 15) is 0 Å². The molecule has 5 nitrogen and oxygen atoms in total. The molecule has 0 aliphatic rings. The Morgan fingerprint density at radius 2 is 2.06 bits per heavy atom. The van der Waals surface area contributed by atoms with Gasteiger partial charge in [0.15, 0.2) is 11.5 Å². The first-order valence-electron chi connectivity index (χ1n) is 4.96. The van der Waals surface area contributed by atoms with Crippen LogP contribution in [0.4, 0.5) is 5.69 Å². The van der Waals surface area contributed by atoms with Crippen LogP contribution in [-0.4, -0.2) is 19.6 Å². The molecule has 3 rings (SSSR count). The predicted molar refractivity (Wildman–Crippen MR) is 65.6 cm³/mol. The average molecular weight is 246 g/mol. The maximum absolute atomic E-state index is 5.88. The summed E-state index contributed by atoms with van der Waals surface area (Å²) in [5, 5.41) is 8.69. The molecule has 17 heavy (non-hydrogen) atoms. The number of halogens is 1. The molecule has 0 fully saturated rings. The first kappa shape index (κ1) is 10.0. The summed E-state index contributed by atoms with van der Waals surface area (Å²) in [7, 11) is 0. The highest BCUT2D eigenvalue weighted by Crippen LogP contribution is 2.25. The van der Waals surface area contributed by atoms with Crippen molar-refractivity contribution >= 4 is 22.9 Å². The van der Waals surface area contributed by atoms with Crippen molar-refractivity contribution in [3.63, 3.8) is 0 Å². The van der Waals surface area contributed by atoms with Gasteiger partial charge in [-0.3, -0.25) is 4.40 Å². The van der Waals surface area contributed by atoms with Gasteiger partial charge < -0.3 is 5.73 Å². The van der Waals surface area contributed by atoms with Crippen LogP contribution in [0.2, 0.25) is 5.02 Å². The van der Waals surface area contributed by atoms with E-state index in [2.05, 4.69) is 15.2 Å². The minimum Gasteiger partial charge on any atom is -0.398 e. The molecule has 1 aromatic carbocycles. The maximum Gasteiger partial charge on any atom is 0.169 e. The lowest BCUT2D eigenvalue weighted by molar-refractivity contribution is 1.08. The van der Waals surface area contributed by atoms with Crippen molar-refractivity contribution in [3.8, 4) is 11.4 Å². The summed E-state index contributed by atoms with van der Waals surface area (Å²) in [5.41, 5.74) is 7.88. The van der Waals surface area contributed by atoms with E-state index in [0.29, 0.717) is 16.5 Å². The van der Waals surface area contributed by atoms with Gasteiger partial charge in [0.1, 0.15) is 6.33 Å². The van der Waals surface area contributed by atoms with Gasteiger partial charge in [0.2, 0.25) is 0 Å². The summed E-state index contributed by atoms with van der Waals surface area (Å²) in [6.07, 6.45) is 3.33. The van der Waals surface area contributed by atoms with Gasteiger partial charge in [-0.2, -0.15) is 0 Å². The number of anilines is 1. The fourth-order valence-electron chi connectivity index (χ4n) is 1.63. The molecule has 6 heteroatoms. The third kappa shape index (κ3) is 1.60. The molecule has 0 atom stereocenters. The number of benzene rings is 1. The normalized spacial score (nSPS) is 10.9. The van der Waals surface area contributed by atoms with Gasteiger partial charge in [0, 0.05) is 17.8 Å². The van der Waals surface area contributed by atoms with Crippen LogP contribution < -0.4 is 5.73 Å². The molecule has 0 aliphatic heterocycles. The minimum atomic E-state index is 0.518. The number of nitrogen functional groups attached to an aromatic ring is 1. The Morgan fingerprint density at radius 3 is 2.88 bits per heavy atom. The van der Waals surface area contributed by atoms with Crippen molar-refractivity contribution in [2.75, 3.05) is 5.73 Å². The van der Waals surface area contributed by atoms with Gasteiger partial charge in [0.05, 0.1) is 10.7 Å². The number of rotatable bonds is 1. The molecule has 2 heterocycles. The lowest BCUT2D eigenvalue weighted by atomic mass is 10.2. The van der Waals surface area contributed by atoms with Crippen LogP contribution >= 0.6 is 11.6 Å². The van der Waals surface area contributed by atoms with Crippen molar-refractivity contribution in [1.29, 1.82) is 0 Å². The zero-order valence-corrected chi connectivity index (χ0v) is 9.46. The minimum absolute atomic E-state index is 0.518. The second-order valence-electron chi connectivity index (χ2n) is 3.57. The number of hydrogen-bond donors (Lipinski definition) is 1. The van der Waals surface area contributed by atoms with Crippen molar-refractivity contribution in [2.45, 2.75) is 0 Å². The van der Waals surface area contributed by atoms with Gasteiger partial charge in [-0.1, -0.05) is 11.6 Å². The molecular weight excluding hydrogens is 238 g/mol. The molecule has 0 radical (unpaired) electrons. The Hall–Kier alpha value is -2.14. The molecule has 84 valence electrons. The molecule has 0 saturated heterocycles. The number of nitrogens with zero attached hydrogens (tertiary/aromatic N) is 4. The van der Waals surface area contributed by atoms with E-state index in [4.69, 9.17) is 17.3 Å². The molecule has 2 aromatic heterocycles. The molecule has 0 unspecified atom stereocenters. The summed E-state index contributed by atoms with van der Waals surface area (Å²) in [6.45, 7) is 0. The number of fused-ring (bicyclic) bond motifs is 1. The van der Waals surface area contributed by atoms with E-state index in [0.717, 1.165) is 11.2 Å². The standard InChI is InChI=1S/C11H8ClN5/c12-8-2-1-7(5-9(8)13)11-16-15-10-3-4-14-6-17(10)11/h1-6H,13H2. The van der Waals surface area contributed by atoms with Gasteiger partial charge >= 0.3 is 0 Å². The molecule has 0 bridgehead atoms. The Bertz CT molecular complexity index is 691. The van der Waals surface area contributed by atoms with Crippen LogP contribution in [-0.2, 0) is 0 Å². The van der Waals surface area contributed by atoms with Crippen LogP contribution in [0.3, 0.4) is 0 Å². The Kier molecular flexibility index (Phi) is 2.19. The SMILES string of the molecule is Nc1cc(-c2nnc3ccncn23)ccc1Cl. The molecule has 0 spiro atoms. The molecular formula is C11H8ClN5. The molecule has 0 amide bonds. The molecule has 0 aliphatic carbocycles. The van der Waals surface area contributed by atoms with E-state index in [1.807, 2.05) is 6.07 Å². The monoisotopic (exact) mass is 245 g/mol. The highest BCUT2D eigenvalue weighted by molar-refractivity contribution is 6.33. The maximum atomic E-state index is 5.88. The third-order valence-electron chi connectivity index (χ3n) is 2.47. The van der Waals surface area contributed by atoms with Gasteiger partial charge in [-0.05, 0) is 18.2 Å². The topological polar surface area (TPSA) is 69.1 Å². The van der Waals surface area contributed by atoms with Crippen LogP contribution in [0.5, 0.6) is 0 Å². The number of aromatic nitrogens is 4. The fraction of sp³-hybridized carbons (Fsp3) is 0. The largest absolute Gasteiger partial charge is 0.398 e. The van der Waals surface area contributed by atoms with Crippen LogP contribution in [0.15, 0.2) is 36.8 Å². The zero-order chi connectivity index (χ0) is 11.8. The highest BCUT2D eigenvalue weighted by atomic mass is 35.5. The summed E-state index contributed by atoms with van der Waals surface area (Å²) < 4.78 is 1.79. The molecule has 2 N–H and O–H groups in total. The quantitative estimate of drug-likeness (QED) is 0.666. The van der Waals surface area contributed by atoms with Crippen molar-refractivity contribution in [1.82, 2.24) is 19.6 Å². The molecule has 3 aromatic rings. The fourth-order valence-corrected chi connectivity index (χ4v) is 1.74. The Balaban J connectivity index is 2.24. The Labute approximate surface area is 102 Å². The smallest absolute Gasteiger partial charge is 0.169 e. The highest BCUT2D eigenvalue weighted by Gasteiger charge is 2.08. The zero-order valence-electron chi connectivity index (χ0n) is 8.71. The summed E-state index contributed by atoms with van der Waals surface area (Å²) in [5.74, 6) is 0.691. The Morgan fingerprint density at radius 1 is 1.18 bits per heavy atom. The third-order valence-corrected chi connectivity index (χ3v) is 2.81. The van der Waals surface area contributed by atoms with Crippen LogP contribution in [0.25, 0.3) is 17.0 Å². The van der Waals surface area contributed by atoms with Crippen LogP contribution in [0, 0.1) is 0 Å². The number of hydrogen-bond acceptors (Lipinski definition) is 4. The van der Waals surface area contributed by atoms with E-state index in [1.165, 1.54) is 0 Å². The van der Waals surface area contributed by atoms with Gasteiger partial charge in [-0.15, -0.1) is 10.2 Å².